The highest BCUT2D eigenvalue weighted by atomic mass is 16.5. The first-order valence-electron chi connectivity index (χ1n) is 18.6. The van der Waals surface area contributed by atoms with Crippen molar-refractivity contribution in [3.63, 3.8) is 0 Å². The molecule has 6 rings (SSSR count). The molecule has 3 heterocycles. The summed E-state index contributed by atoms with van der Waals surface area (Å²) in [5.74, 6) is 0.0918. The second-order valence-corrected chi connectivity index (χ2v) is 14.1. The van der Waals surface area contributed by atoms with Gasteiger partial charge in [-0.15, -0.1) is 0 Å². The first kappa shape index (κ1) is 37.5. The van der Waals surface area contributed by atoms with E-state index in [-0.39, 0.29) is 42.3 Å². The number of methoxy groups -OCH3 is 1. The summed E-state index contributed by atoms with van der Waals surface area (Å²) < 4.78 is 5.68. The van der Waals surface area contributed by atoms with E-state index in [0.717, 1.165) is 57.4 Å². The molecule has 1 aliphatic carbocycles. The molecule has 0 radical (unpaired) electrons. The van der Waals surface area contributed by atoms with Crippen LogP contribution < -0.4 is 30.5 Å². The van der Waals surface area contributed by atoms with Gasteiger partial charge in [0.2, 0.25) is 17.8 Å². The first-order valence-corrected chi connectivity index (χ1v) is 18.6. The Labute approximate surface area is 310 Å². The van der Waals surface area contributed by atoms with Crippen LogP contribution in [-0.4, -0.2) is 95.6 Å². The number of aromatic nitrogens is 2. The van der Waals surface area contributed by atoms with Crippen molar-refractivity contribution in [3.05, 3.63) is 65.9 Å². The zero-order valence-electron chi connectivity index (χ0n) is 30.7. The van der Waals surface area contributed by atoms with E-state index >= 15 is 0 Å². The Bertz CT molecular complexity index is 1780. The van der Waals surface area contributed by atoms with Crippen molar-refractivity contribution in [2.45, 2.75) is 88.9 Å². The number of aliphatic carboxylic acids is 1. The van der Waals surface area contributed by atoms with Gasteiger partial charge in [0, 0.05) is 44.2 Å². The molecule has 0 unspecified atom stereocenters. The molecule has 53 heavy (non-hydrogen) atoms. The zero-order valence-corrected chi connectivity index (χ0v) is 30.7. The number of ether oxygens (including phenoxy) is 1. The molecule has 3 aliphatic rings. The SMILES string of the molecule is CC[C@@H]1C(=O)N(C)c2cnc(Nc3ccc(C(=O)NC4CCN(CCCC(=O)N[C@H](C(=O)O)c5ccccc5)CC4)cc3OC)nc2N1C1CCCC1. The summed E-state index contributed by atoms with van der Waals surface area (Å²) in [5.41, 5.74) is 2.32. The van der Waals surface area contributed by atoms with Crippen LogP contribution in [0.25, 0.3) is 0 Å². The van der Waals surface area contributed by atoms with E-state index in [0.29, 0.717) is 53.6 Å². The van der Waals surface area contributed by atoms with Crippen molar-refractivity contribution >= 4 is 46.8 Å². The molecule has 14 heteroatoms. The van der Waals surface area contributed by atoms with Crippen molar-refractivity contribution in [3.8, 4) is 5.75 Å². The van der Waals surface area contributed by atoms with E-state index in [1.165, 1.54) is 0 Å². The van der Waals surface area contributed by atoms with Crippen molar-refractivity contribution < 1.29 is 29.0 Å². The molecule has 1 saturated carbocycles. The molecular formula is C39H50N8O6. The summed E-state index contributed by atoms with van der Waals surface area (Å²) in [4.78, 5) is 66.4. The zero-order chi connectivity index (χ0) is 37.5. The molecule has 0 bridgehead atoms. The monoisotopic (exact) mass is 726 g/mol. The van der Waals surface area contributed by atoms with Crippen LogP contribution in [0.4, 0.5) is 23.1 Å². The largest absolute Gasteiger partial charge is 0.495 e. The van der Waals surface area contributed by atoms with Gasteiger partial charge in [0.1, 0.15) is 17.5 Å². The topological polar surface area (TPSA) is 169 Å². The maximum absolute atomic E-state index is 13.3. The van der Waals surface area contributed by atoms with E-state index in [2.05, 4.69) is 30.7 Å². The molecule has 1 aromatic heterocycles. The maximum Gasteiger partial charge on any atom is 0.330 e. The first-order chi connectivity index (χ1) is 25.7. The summed E-state index contributed by atoms with van der Waals surface area (Å²) >= 11 is 0. The summed E-state index contributed by atoms with van der Waals surface area (Å²) in [6.07, 6.45) is 9.11. The number of hydrogen-bond donors (Lipinski definition) is 4. The highest BCUT2D eigenvalue weighted by Crippen LogP contribution is 2.40. The third-order valence-corrected chi connectivity index (χ3v) is 10.6. The van der Waals surface area contributed by atoms with Gasteiger partial charge in [0.05, 0.1) is 19.0 Å². The van der Waals surface area contributed by atoms with E-state index < -0.39 is 12.0 Å². The van der Waals surface area contributed by atoms with Gasteiger partial charge >= 0.3 is 5.97 Å². The Morgan fingerprint density at radius 3 is 2.45 bits per heavy atom. The number of carbonyl (C=O) groups is 4. The fourth-order valence-electron chi connectivity index (χ4n) is 7.70. The number of nitrogens with zero attached hydrogens (tertiary/aromatic N) is 5. The number of carbonyl (C=O) groups excluding carboxylic acids is 3. The fourth-order valence-corrected chi connectivity index (χ4v) is 7.70. The highest BCUT2D eigenvalue weighted by molar-refractivity contribution is 6.04. The molecule has 2 atom stereocenters. The Balaban J connectivity index is 1.00. The number of carboxylic acid groups (broad SMARTS) is 1. The summed E-state index contributed by atoms with van der Waals surface area (Å²) in [6, 6.07) is 12.8. The van der Waals surface area contributed by atoms with Gasteiger partial charge in [-0.1, -0.05) is 50.1 Å². The van der Waals surface area contributed by atoms with E-state index in [1.807, 2.05) is 6.92 Å². The number of likely N-dealkylation sites (tertiary alicyclic amines) is 1. The average molecular weight is 727 g/mol. The minimum Gasteiger partial charge on any atom is -0.495 e. The lowest BCUT2D eigenvalue weighted by atomic mass is 10.0. The van der Waals surface area contributed by atoms with Gasteiger partial charge in [-0.25, -0.2) is 9.78 Å². The molecule has 3 amide bonds. The number of likely N-dealkylation sites (N-methyl/N-ethyl adjacent to an activating group) is 1. The standard InChI is InChI=1S/C39H50N8O6/c1-4-30-37(50)45(2)31-24-40-39(44-35(31)47(30)28-13-8-9-14-28)42-29-17-16-26(23-32(29)53-3)36(49)41-27-18-21-46(22-19-27)20-10-15-33(48)43-34(38(51)52)25-11-6-5-7-12-25/h5-7,11-12,16-17,23-24,27-28,30,34H,4,8-10,13-15,18-22H2,1-3H3,(H,41,49)(H,43,48)(H,51,52)(H,40,42,44)/t30-,34+/m1/s1. The molecule has 0 spiro atoms. The Morgan fingerprint density at radius 2 is 1.77 bits per heavy atom. The van der Waals surface area contributed by atoms with Crippen molar-refractivity contribution in [1.29, 1.82) is 0 Å². The fraction of sp³-hybridized carbons (Fsp3) is 0.487. The number of nitrogens with one attached hydrogen (secondary N) is 3. The number of fused-ring (bicyclic) bond motifs is 1. The molecule has 14 nitrogen and oxygen atoms in total. The minimum atomic E-state index is -1.09. The normalized spacial score (nSPS) is 18.7. The van der Waals surface area contributed by atoms with E-state index in [9.17, 15) is 24.3 Å². The highest BCUT2D eigenvalue weighted by Gasteiger charge is 2.41. The maximum atomic E-state index is 13.3. The number of piperidine rings is 1. The lowest BCUT2D eigenvalue weighted by molar-refractivity contribution is -0.142. The van der Waals surface area contributed by atoms with Crippen molar-refractivity contribution in [1.82, 2.24) is 25.5 Å². The van der Waals surface area contributed by atoms with Crippen molar-refractivity contribution in [2.75, 3.05) is 48.9 Å². The second-order valence-electron chi connectivity index (χ2n) is 14.1. The van der Waals surface area contributed by atoms with Gasteiger partial charge in [0.25, 0.3) is 5.91 Å². The number of hydrogen-bond acceptors (Lipinski definition) is 10. The number of amides is 3. The van der Waals surface area contributed by atoms with Crippen molar-refractivity contribution in [2.24, 2.45) is 0 Å². The Morgan fingerprint density at radius 1 is 1.04 bits per heavy atom. The Kier molecular flexibility index (Phi) is 12.1. The number of benzene rings is 2. The van der Waals surface area contributed by atoms with Crippen LogP contribution in [0, 0.1) is 0 Å². The lowest BCUT2D eigenvalue weighted by Crippen LogP contribution is -2.55. The number of carboxylic acids is 1. The quantitative estimate of drug-likeness (QED) is 0.183. The molecular weight excluding hydrogens is 676 g/mol. The molecule has 2 aliphatic heterocycles. The van der Waals surface area contributed by atoms with E-state index in [1.54, 1.807) is 73.8 Å². The van der Waals surface area contributed by atoms with Gasteiger partial charge in [-0.3, -0.25) is 14.4 Å². The van der Waals surface area contributed by atoms with E-state index in [4.69, 9.17) is 9.72 Å². The Hall–Kier alpha value is -5.24. The number of anilines is 4. The smallest absolute Gasteiger partial charge is 0.330 e. The van der Waals surface area contributed by atoms with Crippen LogP contribution in [0.1, 0.15) is 86.7 Å². The van der Waals surface area contributed by atoms with Crippen LogP contribution in [0.5, 0.6) is 5.75 Å². The van der Waals surface area contributed by atoms with Gasteiger partial charge in [-0.05, 0) is 68.8 Å². The molecule has 4 N–H and O–H groups in total. The third-order valence-electron chi connectivity index (χ3n) is 10.6. The molecule has 2 aromatic carbocycles. The average Bonchev–Trinajstić information content (AvgIpc) is 3.71. The second kappa shape index (κ2) is 17.1. The molecule has 282 valence electrons. The van der Waals surface area contributed by atoms with Gasteiger partial charge in [-0.2, -0.15) is 4.98 Å². The van der Waals surface area contributed by atoms with Gasteiger partial charge < -0.3 is 40.5 Å². The summed E-state index contributed by atoms with van der Waals surface area (Å²) in [6.45, 7) is 4.31. The lowest BCUT2D eigenvalue weighted by Gasteiger charge is -2.43. The summed E-state index contributed by atoms with van der Waals surface area (Å²) in [7, 11) is 3.33. The summed E-state index contributed by atoms with van der Waals surface area (Å²) in [5, 5.41) is 18.6. The van der Waals surface area contributed by atoms with Gasteiger partial charge in [0.15, 0.2) is 11.9 Å². The molecule has 1 saturated heterocycles. The molecule has 3 aromatic rings. The van der Waals surface area contributed by atoms with Crippen LogP contribution in [0.2, 0.25) is 0 Å². The van der Waals surface area contributed by atoms with Crippen LogP contribution in [0.15, 0.2) is 54.7 Å². The van der Waals surface area contributed by atoms with Crippen LogP contribution in [0.3, 0.4) is 0 Å². The predicted molar refractivity (Wildman–Crippen MR) is 202 cm³/mol. The minimum absolute atomic E-state index is 0.0108. The molecule has 2 fully saturated rings. The third kappa shape index (κ3) is 8.70. The predicted octanol–water partition coefficient (Wildman–Crippen LogP) is 4.65. The number of rotatable bonds is 14. The van der Waals surface area contributed by atoms with Crippen LogP contribution in [-0.2, 0) is 14.4 Å². The van der Waals surface area contributed by atoms with Crippen LogP contribution >= 0.6 is 0 Å².